The number of rotatable bonds is 9. The van der Waals surface area contributed by atoms with E-state index < -0.39 is 0 Å². The van der Waals surface area contributed by atoms with E-state index in [2.05, 4.69) is 22.8 Å². The molecule has 3 aromatic rings. The summed E-state index contributed by atoms with van der Waals surface area (Å²) in [5.41, 5.74) is 3.26. The van der Waals surface area contributed by atoms with Gasteiger partial charge in [0.25, 0.3) is 5.91 Å². The number of anilines is 2. The number of carbonyl (C=O) groups excluding carboxylic acids is 2. The highest BCUT2D eigenvalue weighted by molar-refractivity contribution is 5.95. The van der Waals surface area contributed by atoms with Crippen LogP contribution < -0.4 is 15.4 Å². The fourth-order valence-electron chi connectivity index (χ4n) is 2.97. The van der Waals surface area contributed by atoms with E-state index in [0.29, 0.717) is 23.6 Å². The Labute approximate surface area is 182 Å². The Kier molecular flexibility index (Phi) is 7.65. The van der Waals surface area contributed by atoms with Crippen LogP contribution in [-0.4, -0.2) is 44.0 Å². The summed E-state index contributed by atoms with van der Waals surface area (Å²) in [6.07, 6.45) is 0.820. The first kappa shape index (κ1) is 21.9. The van der Waals surface area contributed by atoms with Gasteiger partial charge in [0.1, 0.15) is 5.75 Å². The summed E-state index contributed by atoms with van der Waals surface area (Å²) < 4.78 is 5.81. The smallest absolute Gasteiger partial charge is 0.253 e. The monoisotopic (exact) mass is 417 g/mol. The van der Waals surface area contributed by atoms with Crippen LogP contribution in [0.15, 0.2) is 78.9 Å². The maximum atomic E-state index is 12.3. The van der Waals surface area contributed by atoms with E-state index in [1.165, 1.54) is 10.5 Å². The minimum absolute atomic E-state index is 0.0600. The van der Waals surface area contributed by atoms with Gasteiger partial charge < -0.3 is 20.3 Å². The van der Waals surface area contributed by atoms with Crippen molar-refractivity contribution < 1.29 is 14.3 Å². The highest BCUT2D eigenvalue weighted by atomic mass is 16.5. The van der Waals surface area contributed by atoms with E-state index in [1.54, 1.807) is 38.4 Å². The van der Waals surface area contributed by atoms with Crippen molar-refractivity contribution in [1.29, 1.82) is 0 Å². The van der Waals surface area contributed by atoms with Crippen molar-refractivity contribution >= 4 is 23.2 Å². The zero-order valence-corrected chi connectivity index (χ0v) is 17.8. The number of amides is 2. The zero-order valence-electron chi connectivity index (χ0n) is 17.8. The minimum atomic E-state index is -0.171. The van der Waals surface area contributed by atoms with Crippen molar-refractivity contribution in [3.63, 3.8) is 0 Å². The lowest BCUT2D eigenvalue weighted by Gasteiger charge is -2.12. The molecule has 0 unspecified atom stereocenters. The summed E-state index contributed by atoms with van der Waals surface area (Å²) in [4.78, 5) is 25.7. The third-order valence-corrected chi connectivity index (χ3v) is 4.61. The number of nitrogens with one attached hydrogen (secondary N) is 2. The SMILES string of the molecule is CN(C)C(=O)c1ccc(NCC(=O)Nc2cccc(OCCc3ccccc3)c2)cc1. The molecular formula is C25H27N3O3. The minimum Gasteiger partial charge on any atom is -0.493 e. The summed E-state index contributed by atoms with van der Waals surface area (Å²) in [6.45, 7) is 0.676. The van der Waals surface area contributed by atoms with Gasteiger partial charge in [-0.05, 0) is 42.0 Å². The first-order chi connectivity index (χ1) is 15.0. The molecule has 0 bridgehead atoms. The van der Waals surface area contributed by atoms with Crippen molar-refractivity contribution in [2.75, 3.05) is 37.9 Å². The Balaban J connectivity index is 1.46. The quantitative estimate of drug-likeness (QED) is 0.551. The van der Waals surface area contributed by atoms with Crippen LogP contribution in [0.4, 0.5) is 11.4 Å². The summed E-state index contributed by atoms with van der Waals surface area (Å²) in [7, 11) is 3.42. The molecule has 2 amide bonds. The van der Waals surface area contributed by atoms with Gasteiger partial charge in [0.15, 0.2) is 0 Å². The van der Waals surface area contributed by atoms with E-state index in [9.17, 15) is 9.59 Å². The highest BCUT2D eigenvalue weighted by Gasteiger charge is 2.08. The number of benzene rings is 3. The molecule has 3 aromatic carbocycles. The standard InChI is InChI=1S/C25H27N3O3/c1-28(2)25(30)20-11-13-21(14-12-20)26-18-24(29)27-22-9-6-10-23(17-22)31-16-15-19-7-4-3-5-8-19/h3-14,17,26H,15-16,18H2,1-2H3,(H,27,29). The lowest BCUT2D eigenvalue weighted by atomic mass is 10.2. The van der Waals surface area contributed by atoms with Gasteiger partial charge in [-0.2, -0.15) is 0 Å². The third-order valence-electron chi connectivity index (χ3n) is 4.61. The average Bonchev–Trinajstić information content (AvgIpc) is 2.78. The normalized spacial score (nSPS) is 10.3. The second kappa shape index (κ2) is 10.8. The van der Waals surface area contributed by atoms with Gasteiger partial charge in [-0.15, -0.1) is 0 Å². The van der Waals surface area contributed by atoms with Crippen LogP contribution in [0, 0.1) is 0 Å². The van der Waals surface area contributed by atoms with Gasteiger partial charge in [0.2, 0.25) is 5.91 Å². The molecule has 0 saturated carbocycles. The van der Waals surface area contributed by atoms with E-state index >= 15 is 0 Å². The van der Waals surface area contributed by atoms with Gasteiger partial charge in [-0.1, -0.05) is 36.4 Å². The van der Waals surface area contributed by atoms with Crippen molar-refractivity contribution in [2.45, 2.75) is 6.42 Å². The molecule has 0 aliphatic heterocycles. The molecule has 2 N–H and O–H groups in total. The number of hydrogen-bond donors (Lipinski definition) is 2. The summed E-state index contributed by atoms with van der Waals surface area (Å²) in [5, 5.41) is 5.92. The molecule has 31 heavy (non-hydrogen) atoms. The van der Waals surface area contributed by atoms with Gasteiger partial charge in [0, 0.05) is 43.5 Å². The molecule has 0 atom stereocenters. The molecule has 0 fully saturated rings. The Morgan fingerprint density at radius 1 is 0.871 bits per heavy atom. The molecule has 160 valence electrons. The Hall–Kier alpha value is -3.80. The largest absolute Gasteiger partial charge is 0.493 e. The van der Waals surface area contributed by atoms with Gasteiger partial charge in [0.05, 0.1) is 13.2 Å². The van der Waals surface area contributed by atoms with Gasteiger partial charge >= 0.3 is 0 Å². The second-order valence-electron chi connectivity index (χ2n) is 7.29. The van der Waals surface area contributed by atoms with Crippen molar-refractivity contribution in [2.24, 2.45) is 0 Å². The lowest BCUT2D eigenvalue weighted by Crippen LogP contribution is -2.22. The van der Waals surface area contributed by atoms with Crippen LogP contribution in [0.1, 0.15) is 15.9 Å². The predicted molar refractivity (Wildman–Crippen MR) is 124 cm³/mol. The van der Waals surface area contributed by atoms with Crippen molar-refractivity contribution in [1.82, 2.24) is 4.90 Å². The molecule has 0 radical (unpaired) electrons. The van der Waals surface area contributed by atoms with Crippen LogP contribution in [0.3, 0.4) is 0 Å². The molecule has 0 saturated heterocycles. The molecule has 0 aliphatic carbocycles. The van der Waals surface area contributed by atoms with Crippen LogP contribution in [0.5, 0.6) is 5.75 Å². The summed E-state index contributed by atoms with van der Waals surface area (Å²) >= 11 is 0. The van der Waals surface area contributed by atoms with Crippen LogP contribution in [0.2, 0.25) is 0 Å². The van der Waals surface area contributed by atoms with E-state index in [4.69, 9.17) is 4.74 Å². The second-order valence-corrected chi connectivity index (χ2v) is 7.29. The molecule has 0 aromatic heterocycles. The van der Waals surface area contributed by atoms with Crippen molar-refractivity contribution in [3.05, 3.63) is 90.0 Å². The van der Waals surface area contributed by atoms with Crippen LogP contribution in [-0.2, 0) is 11.2 Å². The number of carbonyl (C=O) groups is 2. The Morgan fingerprint density at radius 2 is 1.61 bits per heavy atom. The van der Waals surface area contributed by atoms with E-state index in [0.717, 1.165) is 12.1 Å². The lowest BCUT2D eigenvalue weighted by molar-refractivity contribution is -0.114. The fourth-order valence-corrected chi connectivity index (χ4v) is 2.97. The van der Waals surface area contributed by atoms with Gasteiger partial charge in [-0.3, -0.25) is 9.59 Å². The molecule has 0 aliphatic rings. The molecule has 6 heteroatoms. The molecule has 3 rings (SSSR count). The van der Waals surface area contributed by atoms with E-state index in [-0.39, 0.29) is 18.4 Å². The Bertz CT molecular complexity index is 1000. The molecular weight excluding hydrogens is 390 g/mol. The molecule has 6 nitrogen and oxygen atoms in total. The molecule has 0 spiro atoms. The van der Waals surface area contributed by atoms with E-state index in [1.807, 2.05) is 42.5 Å². The molecule has 0 heterocycles. The fraction of sp³-hybridized carbons (Fsp3) is 0.200. The summed E-state index contributed by atoms with van der Waals surface area (Å²) in [6, 6.07) is 24.5. The topological polar surface area (TPSA) is 70.7 Å². The van der Waals surface area contributed by atoms with Crippen LogP contribution >= 0.6 is 0 Å². The number of hydrogen-bond acceptors (Lipinski definition) is 4. The average molecular weight is 418 g/mol. The predicted octanol–water partition coefficient (Wildman–Crippen LogP) is 4.06. The van der Waals surface area contributed by atoms with Crippen molar-refractivity contribution in [3.8, 4) is 5.75 Å². The highest BCUT2D eigenvalue weighted by Crippen LogP contribution is 2.18. The van der Waals surface area contributed by atoms with Gasteiger partial charge in [-0.25, -0.2) is 0 Å². The van der Waals surface area contributed by atoms with Crippen LogP contribution in [0.25, 0.3) is 0 Å². The number of nitrogens with zero attached hydrogens (tertiary/aromatic N) is 1. The number of ether oxygens (including phenoxy) is 1. The first-order valence-electron chi connectivity index (χ1n) is 10.1. The Morgan fingerprint density at radius 3 is 2.32 bits per heavy atom. The summed E-state index contributed by atoms with van der Waals surface area (Å²) in [5.74, 6) is 0.480. The zero-order chi connectivity index (χ0) is 22.1. The third kappa shape index (κ3) is 6.89. The maximum absolute atomic E-state index is 12.3. The first-order valence-corrected chi connectivity index (χ1v) is 10.1. The maximum Gasteiger partial charge on any atom is 0.253 e.